The van der Waals surface area contributed by atoms with E-state index in [2.05, 4.69) is 192 Å². The van der Waals surface area contributed by atoms with Gasteiger partial charge in [-0.2, -0.15) is 0 Å². The third-order valence-corrected chi connectivity index (χ3v) is 18.1. The molecule has 0 atom stereocenters. The van der Waals surface area contributed by atoms with Crippen LogP contribution in [0.2, 0.25) is 0 Å². The summed E-state index contributed by atoms with van der Waals surface area (Å²) < 4.78 is 5.34. The number of anilines is 6. The van der Waals surface area contributed by atoms with Crippen molar-refractivity contribution in [2.45, 2.75) is 76.0 Å². The molecule has 0 amide bonds. The summed E-state index contributed by atoms with van der Waals surface area (Å²) in [6.07, 6.45) is 12.8. The largest absolute Gasteiger partial charge is 0.310 e. The van der Waals surface area contributed by atoms with Gasteiger partial charge in [-0.25, -0.2) is 0 Å². The van der Waals surface area contributed by atoms with Crippen molar-refractivity contribution in [2.75, 3.05) is 9.80 Å². The van der Waals surface area contributed by atoms with E-state index >= 15 is 0 Å². The Morgan fingerprint density at radius 2 is 0.676 bits per heavy atom. The highest BCUT2D eigenvalue weighted by Crippen LogP contribution is 2.54. The molecule has 2 aliphatic rings. The zero-order chi connectivity index (χ0) is 44.7. The Kier molecular flexibility index (Phi) is 9.80. The maximum absolute atomic E-state index is 2.63. The van der Waals surface area contributed by atoms with Gasteiger partial charge in [-0.3, -0.25) is 0 Å². The molecule has 2 heterocycles. The van der Waals surface area contributed by atoms with Crippen LogP contribution >= 0.6 is 22.7 Å². The molecule has 0 bridgehead atoms. The van der Waals surface area contributed by atoms with Gasteiger partial charge >= 0.3 is 0 Å². The molecule has 2 aromatic heterocycles. The van der Waals surface area contributed by atoms with E-state index in [0.717, 1.165) is 0 Å². The normalized spacial score (nSPS) is 15.2. The zero-order valence-electron chi connectivity index (χ0n) is 38.3. The van der Waals surface area contributed by atoms with Crippen LogP contribution in [0, 0.1) is 0 Å². The summed E-state index contributed by atoms with van der Waals surface area (Å²) in [6, 6.07) is 69.9. The van der Waals surface area contributed by atoms with Gasteiger partial charge < -0.3 is 9.80 Å². The van der Waals surface area contributed by atoms with Crippen molar-refractivity contribution in [3.05, 3.63) is 193 Å². The van der Waals surface area contributed by atoms with Crippen molar-refractivity contribution in [1.29, 1.82) is 0 Å². The number of thiophene rings is 2. The van der Waals surface area contributed by atoms with Crippen molar-refractivity contribution in [3.63, 3.8) is 0 Å². The summed E-state index contributed by atoms with van der Waals surface area (Å²) in [5.41, 5.74) is 10.4. The zero-order valence-corrected chi connectivity index (χ0v) is 39.9. The molecule has 2 nitrogen and oxygen atoms in total. The maximum atomic E-state index is 2.63. The molecule has 12 aromatic rings. The molecule has 14 rings (SSSR count). The lowest BCUT2D eigenvalue weighted by Crippen LogP contribution is -2.14. The van der Waals surface area contributed by atoms with Gasteiger partial charge in [0.05, 0.1) is 11.4 Å². The number of rotatable bonds is 8. The predicted octanol–water partition coefficient (Wildman–Crippen LogP) is 20.4. The van der Waals surface area contributed by atoms with E-state index in [1.807, 2.05) is 22.7 Å². The molecule has 330 valence electrons. The van der Waals surface area contributed by atoms with E-state index in [0.29, 0.717) is 11.8 Å². The van der Waals surface area contributed by atoms with Crippen LogP contribution in [0.1, 0.15) is 87.2 Å². The highest BCUT2D eigenvalue weighted by atomic mass is 32.1. The summed E-state index contributed by atoms with van der Waals surface area (Å²) in [4.78, 5) is 5.17. The second-order valence-electron chi connectivity index (χ2n) is 19.6. The lowest BCUT2D eigenvalue weighted by molar-refractivity contribution is 0.445. The number of para-hydroxylation sites is 2. The molecule has 2 saturated carbocycles. The number of benzene rings is 10. The molecule has 0 spiro atoms. The van der Waals surface area contributed by atoms with Crippen LogP contribution in [-0.4, -0.2) is 0 Å². The molecule has 2 aliphatic carbocycles. The van der Waals surface area contributed by atoms with E-state index in [1.165, 1.54) is 182 Å². The summed E-state index contributed by atoms with van der Waals surface area (Å²) in [5.74, 6) is 1.02. The molecular formula is C64H52N2S2. The van der Waals surface area contributed by atoms with Crippen molar-refractivity contribution in [2.24, 2.45) is 0 Å². The summed E-state index contributed by atoms with van der Waals surface area (Å²) in [7, 11) is 0. The van der Waals surface area contributed by atoms with Gasteiger partial charge in [-0.15, -0.1) is 22.7 Å². The van der Waals surface area contributed by atoms with Crippen LogP contribution in [0.25, 0.3) is 72.7 Å². The fourth-order valence-corrected chi connectivity index (χ4v) is 14.8. The van der Waals surface area contributed by atoms with E-state index < -0.39 is 0 Å². The minimum atomic E-state index is 0.512. The van der Waals surface area contributed by atoms with Crippen molar-refractivity contribution in [1.82, 2.24) is 0 Å². The molecule has 10 aromatic carbocycles. The molecule has 0 aliphatic heterocycles. The summed E-state index contributed by atoms with van der Waals surface area (Å²) >= 11 is 3.79. The van der Waals surface area contributed by atoms with Gasteiger partial charge in [0.25, 0.3) is 0 Å². The van der Waals surface area contributed by atoms with Crippen LogP contribution in [0.4, 0.5) is 34.1 Å². The van der Waals surface area contributed by atoms with E-state index in [1.54, 1.807) is 0 Å². The summed E-state index contributed by atoms with van der Waals surface area (Å²) in [5, 5.41) is 13.7. The molecule has 2 fully saturated rings. The minimum Gasteiger partial charge on any atom is -0.310 e. The minimum absolute atomic E-state index is 0.512. The van der Waals surface area contributed by atoms with E-state index in [-0.39, 0.29) is 0 Å². The Balaban J connectivity index is 1.09. The highest BCUT2D eigenvalue weighted by molar-refractivity contribution is 7.26. The van der Waals surface area contributed by atoms with Gasteiger partial charge in [-0.05, 0) is 155 Å². The fraction of sp³-hybridized carbons (Fsp3) is 0.188. The van der Waals surface area contributed by atoms with Gasteiger partial charge in [-0.1, -0.05) is 136 Å². The lowest BCUT2D eigenvalue weighted by atomic mass is 9.77. The number of nitrogens with zero attached hydrogens (tertiary/aromatic N) is 2. The molecular weight excluding hydrogens is 861 g/mol. The van der Waals surface area contributed by atoms with Gasteiger partial charge in [0.2, 0.25) is 0 Å². The smallest absolute Gasteiger partial charge is 0.0543 e. The van der Waals surface area contributed by atoms with Crippen LogP contribution in [-0.2, 0) is 0 Å². The average molecular weight is 913 g/mol. The maximum Gasteiger partial charge on any atom is 0.0543 e. The Labute approximate surface area is 406 Å². The molecule has 0 unspecified atom stereocenters. The Hall–Kier alpha value is -6.72. The van der Waals surface area contributed by atoms with Crippen LogP contribution in [0.15, 0.2) is 182 Å². The monoisotopic (exact) mass is 912 g/mol. The van der Waals surface area contributed by atoms with Crippen molar-refractivity contribution < 1.29 is 0 Å². The molecule has 68 heavy (non-hydrogen) atoms. The standard InChI is InChI=1S/C64H52N2S2/c1-5-17-41(18-6-1)53-39-57(65(43-21-9-3-10-22-43)45-29-35-61-55(37-45)47-25-13-15-27-59(47)67-61)51-34-32-50-54(42-19-7-2-8-20-42)40-58(52-33-31-49(53)63(51)64(50)52)66(44-23-11-4-12-24-44)46-30-36-62-56(38-46)48-26-14-16-28-60(48)68-62/h3-4,9-16,21-42H,1-2,5-8,17-20H2. The Bertz CT molecular complexity index is 3580. The van der Waals surface area contributed by atoms with Gasteiger partial charge in [0.1, 0.15) is 0 Å². The Morgan fingerprint density at radius 1 is 0.294 bits per heavy atom. The topological polar surface area (TPSA) is 6.48 Å². The summed E-state index contributed by atoms with van der Waals surface area (Å²) in [6.45, 7) is 0. The van der Waals surface area contributed by atoms with Gasteiger partial charge in [0, 0.05) is 73.9 Å². The number of fused-ring (bicyclic) bond motifs is 6. The van der Waals surface area contributed by atoms with E-state index in [9.17, 15) is 0 Å². The second kappa shape index (κ2) is 16.5. The average Bonchev–Trinajstić information content (AvgIpc) is 3.97. The number of hydrogen-bond donors (Lipinski definition) is 0. The molecule has 0 radical (unpaired) electrons. The molecule has 4 heteroatoms. The first-order valence-electron chi connectivity index (χ1n) is 25.0. The lowest BCUT2D eigenvalue weighted by Gasteiger charge is -2.33. The van der Waals surface area contributed by atoms with Crippen molar-refractivity contribution >= 4 is 129 Å². The SMILES string of the molecule is c1ccc(N(c2ccc3sc4ccccc4c3c2)c2cc(C3CCCCC3)c3ccc4c(N(c5ccccc5)c5ccc6sc7ccccc7c6c5)cc(C5CCCCC5)c5ccc2c3c54)cc1. The van der Waals surface area contributed by atoms with Gasteiger partial charge in [0.15, 0.2) is 0 Å². The second-order valence-corrected chi connectivity index (χ2v) is 21.8. The molecule has 0 N–H and O–H groups in total. The third-order valence-electron chi connectivity index (χ3n) is 15.8. The number of hydrogen-bond acceptors (Lipinski definition) is 4. The first kappa shape index (κ1) is 40.4. The fourth-order valence-electron chi connectivity index (χ4n) is 12.6. The molecule has 0 saturated heterocycles. The quantitative estimate of drug-likeness (QED) is 0.140. The first-order chi connectivity index (χ1) is 33.7. The Morgan fingerprint density at radius 3 is 1.12 bits per heavy atom. The van der Waals surface area contributed by atoms with Crippen LogP contribution in [0.3, 0.4) is 0 Å². The van der Waals surface area contributed by atoms with Crippen LogP contribution in [0.5, 0.6) is 0 Å². The first-order valence-corrected chi connectivity index (χ1v) is 26.7. The van der Waals surface area contributed by atoms with Crippen molar-refractivity contribution in [3.8, 4) is 0 Å². The third kappa shape index (κ3) is 6.55. The highest BCUT2D eigenvalue weighted by Gasteiger charge is 2.29. The van der Waals surface area contributed by atoms with E-state index in [4.69, 9.17) is 0 Å². The predicted molar refractivity (Wildman–Crippen MR) is 297 cm³/mol. The van der Waals surface area contributed by atoms with Crippen LogP contribution < -0.4 is 9.80 Å².